The summed E-state index contributed by atoms with van der Waals surface area (Å²) in [7, 11) is 0. The predicted molar refractivity (Wildman–Crippen MR) is 87.3 cm³/mol. The van der Waals surface area contributed by atoms with Gasteiger partial charge in [0.2, 0.25) is 0 Å². The van der Waals surface area contributed by atoms with Crippen molar-refractivity contribution in [3.63, 3.8) is 0 Å². The number of rotatable bonds is 3. The van der Waals surface area contributed by atoms with Gasteiger partial charge in [-0.3, -0.25) is 0 Å². The average Bonchev–Trinajstić information content (AvgIpc) is 2.65. The number of allylic oxidation sites excluding steroid dienone is 5. The molecule has 1 aliphatic heterocycles. The van der Waals surface area contributed by atoms with Gasteiger partial charge in [-0.25, -0.2) is 0 Å². The van der Waals surface area contributed by atoms with Gasteiger partial charge in [-0.15, -0.1) is 0 Å². The topological polar surface area (TPSA) is 49.5 Å². The number of hydrogen-bond donors (Lipinski definition) is 2. The van der Waals surface area contributed by atoms with Gasteiger partial charge in [0.1, 0.15) is 0 Å². The molecule has 1 unspecified atom stereocenters. The summed E-state index contributed by atoms with van der Waals surface area (Å²) >= 11 is 6.20. The van der Waals surface area contributed by atoms with E-state index in [1.165, 1.54) is 11.1 Å². The molecule has 1 atom stereocenters. The van der Waals surface area contributed by atoms with Gasteiger partial charge < -0.3 is 15.7 Å². The van der Waals surface area contributed by atoms with E-state index >= 15 is 0 Å². The maximum atomic E-state index is 10.0. The highest BCUT2D eigenvalue weighted by Gasteiger charge is 2.24. The number of para-hydroxylation sites is 1. The van der Waals surface area contributed by atoms with Crippen LogP contribution in [0.25, 0.3) is 0 Å². The Morgan fingerprint density at radius 3 is 2.86 bits per heavy atom. The van der Waals surface area contributed by atoms with Crippen LogP contribution >= 0.6 is 11.6 Å². The largest absolute Gasteiger partial charge is 0.390 e. The first-order chi connectivity index (χ1) is 10.2. The molecule has 1 heterocycles. The Morgan fingerprint density at radius 1 is 1.24 bits per heavy atom. The third-order valence-corrected chi connectivity index (χ3v) is 4.19. The number of benzene rings is 1. The minimum Gasteiger partial charge on any atom is -0.390 e. The first-order valence-corrected chi connectivity index (χ1v) is 7.57. The van der Waals surface area contributed by atoms with Crippen molar-refractivity contribution >= 4 is 17.3 Å². The molecule has 3 N–H and O–H groups in total. The van der Waals surface area contributed by atoms with Gasteiger partial charge in [0.15, 0.2) is 0 Å². The van der Waals surface area contributed by atoms with Gasteiger partial charge in [-0.1, -0.05) is 42.0 Å². The first-order valence-electron chi connectivity index (χ1n) is 7.19. The Balaban J connectivity index is 2.08. The quantitative estimate of drug-likeness (QED) is 0.902. The van der Waals surface area contributed by atoms with Crippen LogP contribution in [0.3, 0.4) is 0 Å². The zero-order valence-electron chi connectivity index (χ0n) is 11.8. The zero-order valence-corrected chi connectivity index (χ0v) is 12.6. The standard InChI is InChI=1S/C17H19ClN2O/c18-14-8-7-13-6-5-12-3-1-2-4-16(12)20(17(13)9-14)11-15(21)10-19/h1-4,6,8-9,15,21H,5,7,10-11,19H2. The highest BCUT2D eigenvalue weighted by Crippen LogP contribution is 2.36. The van der Waals surface area contributed by atoms with E-state index in [4.69, 9.17) is 17.3 Å². The van der Waals surface area contributed by atoms with E-state index in [1.54, 1.807) is 0 Å². The summed E-state index contributed by atoms with van der Waals surface area (Å²) in [5.41, 5.74) is 10.3. The van der Waals surface area contributed by atoms with Gasteiger partial charge in [0.25, 0.3) is 0 Å². The molecule has 110 valence electrons. The number of nitrogens with zero attached hydrogens (tertiary/aromatic N) is 1. The number of hydrogen-bond acceptors (Lipinski definition) is 3. The summed E-state index contributed by atoms with van der Waals surface area (Å²) in [6, 6.07) is 8.28. The number of aliphatic hydroxyl groups is 1. The van der Waals surface area contributed by atoms with Crippen molar-refractivity contribution in [2.75, 3.05) is 18.0 Å². The number of β-amino-alcohol motifs (C(OH)–C–C–N with tert-alkyl or cyclic N) is 1. The minimum atomic E-state index is -0.567. The highest BCUT2D eigenvalue weighted by atomic mass is 35.5. The Hall–Kier alpha value is -1.55. The molecule has 0 radical (unpaired) electrons. The lowest BCUT2D eigenvalue weighted by atomic mass is 10.0. The fourth-order valence-corrected chi connectivity index (χ4v) is 3.01. The Bertz CT molecular complexity index is 633. The summed E-state index contributed by atoms with van der Waals surface area (Å²) < 4.78 is 0. The van der Waals surface area contributed by atoms with Crippen molar-refractivity contribution < 1.29 is 5.11 Å². The molecular formula is C17H19ClN2O. The molecule has 3 rings (SSSR count). The van der Waals surface area contributed by atoms with E-state index in [0.29, 0.717) is 6.54 Å². The van der Waals surface area contributed by atoms with Gasteiger partial charge in [0, 0.05) is 23.0 Å². The summed E-state index contributed by atoms with van der Waals surface area (Å²) in [4.78, 5) is 2.14. The number of anilines is 1. The van der Waals surface area contributed by atoms with Crippen molar-refractivity contribution in [2.24, 2.45) is 5.73 Å². The van der Waals surface area contributed by atoms with Gasteiger partial charge >= 0.3 is 0 Å². The number of aliphatic hydroxyl groups excluding tert-OH is 1. The van der Waals surface area contributed by atoms with Crippen LogP contribution in [0, 0.1) is 0 Å². The lowest BCUT2D eigenvalue weighted by molar-refractivity contribution is 0.190. The molecule has 21 heavy (non-hydrogen) atoms. The van der Waals surface area contributed by atoms with Crippen LogP contribution < -0.4 is 10.6 Å². The molecule has 3 nitrogen and oxygen atoms in total. The third-order valence-electron chi connectivity index (χ3n) is 3.93. The Labute approximate surface area is 130 Å². The molecule has 0 saturated carbocycles. The van der Waals surface area contributed by atoms with Crippen LogP contribution in [0.15, 0.2) is 58.8 Å². The van der Waals surface area contributed by atoms with Gasteiger partial charge in [-0.2, -0.15) is 0 Å². The summed E-state index contributed by atoms with van der Waals surface area (Å²) in [6.45, 7) is 0.718. The molecule has 1 aromatic rings. The molecule has 0 amide bonds. The summed E-state index contributed by atoms with van der Waals surface area (Å²) in [5, 5.41) is 10.8. The van der Waals surface area contributed by atoms with E-state index < -0.39 is 6.10 Å². The van der Waals surface area contributed by atoms with E-state index in [0.717, 1.165) is 29.3 Å². The summed E-state index contributed by atoms with van der Waals surface area (Å²) in [5.74, 6) is 0. The van der Waals surface area contributed by atoms with Crippen LogP contribution in [0.4, 0.5) is 5.69 Å². The number of nitrogens with two attached hydrogens (primary N) is 1. The monoisotopic (exact) mass is 302 g/mol. The number of halogens is 1. The molecule has 0 saturated heterocycles. The lowest BCUT2D eigenvalue weighted by Gasteiger charge is -2.31. The van der Waals surface area contributed by atoms with Crippen LogP contribution in [0.1, 0.15) is 12.0 Å². The first kappa shape index (κ1) is 14.4. The normalized spacial score (nSPS) is 18.8. The van der Waals surface area contributed by atoms with E-state index in [2.05, 4.69) is 23.1 Å². The molecule has 1 aliphatic carbocycles. The fourth-order valence-electron chi connectivity index (χ4n) is 2.83. The SMILES string of the molecule is NCC(O)CN1C2=CC(Cl)=CCC2=CCc2ccccc21. The van der Waals surface area contributed by atoms with Gasteiger partial charge in [-0.05, 0) is 36.1 Å². The van der Waals surface area contributed by atoms with Crippen LogP contribution in [-0.2, 0) is 6.42 Å². The molecule has 2 aliphatic rings. The molecular weight excluding hydrogens is 284 g/mol. The molecule has 0 spiro atoms. The second-order valence-electron chi connectivity index (χ2n) is 5.39. The number of fused-ring (bicyclic) bond motifs is 2. The maximum Gasteiger partial charge on any atom is 0.0841 e. The van der Waals surface area contributed by atoms with Crippen molar-refractivity contribution in [1.82, 2.24) is 0 Å². The zero-order chi connectivity index (χ0) is 14.8. The van der Waals surface area contributed by atoms with Crippen LogP contribution in [-0.4, -0.2) is 24.3 Å². The second kappa shape index (κ2) is 6.06. The molecule has 0 bridgehead atoms. The van der Waals surface area contributed by atoms with Crippen LogP contribution in [0.2, 0.25) is 0 Å². The maximum absolute atomic E-state index is 10.0. The minimum absolute atomic E-state index is 0.245. The lowest BCUT2D eigenvalue weighted by Crippen LogP contribution is -2.37. The highest BCUT2D eigenvalue weighted by molar-refractivity contribution is 6.31. The molecule has 0 fully saturated rings. The average molecular weight is 303 g/mol. The molecule has 1 aromatic carbocycles. The van der Waals surface area contributed by atoms with Crippen molar-refractivity contribution in [2.45, 2.75) is 18.9 Å². The summed E-state index contributed by atoms with van der Waals surface area (Å²) in [6.07, 6.45) is 7.39. The third kappa shape index (κ3) is 2.91. The van der Waals surface area contributed by atoms with Crippen LogP contribution in [0.5, 0.6) is 0 Å². The van der Waals surface area contributed by atoms with E-state index in [1.807, 2.05) is 24.3 Å². The Morgan fingerprint density at radius 2 is 2.05 bits per heavy atom. The van der Waals surface area contributed by atoms with Crippen molar-refractivity contribution in [3.8, 4) is 0 Å². The van der Waals surface area contributed by atoms with Crippen molar-refractivity contribution in [3.05, 3.63) is 64.4 Å². The Kier molecular flexibility index (Phi) is 4.15. The molecule has 0 aromatic heterocycles. The smallest absolute Gasteiger partial charge is 0.0841 e. The van der Waals surface area contributed by atoms with Crippen molar-refractivity contribution in [1.29, 1.82) is 0 Å². The van der Waals surface area contributed by atoms with E-state index in [9.17, 15) is 5.11 Å². The molecule has 4 heteroatoms. The second-order valence-corrected chi connectivity index (χ2v) is 5.82. The fraction of sp³-hybridized carbons (Fsp3) is 0.294. The van der Waals surface area contributed by atoms with Gasteiger partial charge in [0.05, 0.1) is 12.6 Å². The predicted octanol–water partition coefficient (Wildman–Crippen LogP) is 2.71. The van der Waals surface area contributed by atoms with E-state index in [-0.39, 0.29) is 6.54 Å².